The molecule has 1 heterocycles. The molecular weight excluding hydrogens is 176 g/mol. The van der Waals surface area contributed by atoms with Crippen LogP contribution in [0.25, 0.3) is 0 Å². The number of hydrogen-bond donors (Lipinski definition) is 0. The van der Waals surface area contributed by atoms with Crippen molar-refractivity contribution >= 4 is 5.97 Å². The SMILES string of the molecule is CCCCCCC#CC1CCOC1=O. The van der Waals surface area contributed by atoms with Crippen LogP contribution in [0.5, 0.6) is 0 Å². The van der Waals surface area contributed by atoms with E-state index in [-0.39, 0.29) is 11.9 Å². The fourth-order valence-corrected chi connectivity index (χ4v) is 1.46. The monoisotopic (exact) mass is 194 g/mol. The number of cyclic esters (lactones) is 1. The van der Waals surface area contributed by atoms with Crippen LogP contribution >= 0.6 is 0 Å². The highest BCUT2D eigenvalue weighted by atomic mass is 16.5. The van der Waals surface area contributed by atoms with Crippen molar-refractivity contribution in [2.75, 3.05) is 6.61 Å². The highest BCUT2D eigenvalue weighted by Crippen LogP contribution is 2.12. The molecule has 0 radical (unpaired) electrons. The third kappa shape index (κ3) is 3.83. The molecule has 0 aliphatic carbocycles. The van der Waals surface area contributed by atoms with Crippen molar-refractivity contribution in [3.63, 3.8) is 0 Å². The van der Waals surface area contributed by atoms with Gasteiger partial charge in [0.1, 0.15) is 5.92 Å². The Morgan fingerprint density at radius 1 is 1.43 bits per heavy atom. The second-order valence-corrected chi connectivity index (χ2v) is 3.64. The number of rotatable bonds is 4. The molecule has 0 aromatic rings. The number of carbonyl (C=O) groups is 1. The minimum absolute atomic E-state index is 0.133. The Kier molecular flexibility index (Phi) is 5.14. The van der Waals surface area contributed by atoms with Crippen molar-refractivity contribution in [1.29, 1.82) is 0 Å². The molecule has 0 N–H and O–H groups in total. The van der Waals surface area contributed by atoms with Crippen molar-refractivity contribution in [2.24, 2.45) is 5.92 Å². The molecule has 1 atom stereocenters. The Labute approximate surface area is 86.0 Å². The van der Waals surface area contributed by atoms with E-state index in [0.29, 0.717) is 6.61 Å². The lowest BCUT2D eigenvalue weighted by atomic mass is 10.1. The van der Waals surface area contributed by atoms with Crippen molar-refractivity contribution in [3.8, 4) is 11.8 Å². The lowest BCUT2D eigenvalue weighted by Crippen LogP contribution is -2.04. The maximum atomic E-state index is 11.0. The Morgan fingerprint density at radius 2 is 2.29 bits per heavy atom. The summed E-state index contributed by atoms with van der Waals surface area (Å²) in [6.45, 7) is 2.74. The van der Waals surface area contributed by atoms with E-state index in [2.05, 4.69) is 18.8 Å². The topological polar surface area (TPSA) is 26.3 Å². The highest BCUT2D eigenvalue weighted by Gasteiger charge is 2.23. The van der Waals surface area contributed by atoms with Crippen molar-refractivity contribution in [2.45, 2.75) is 45.4 Å². The van der Waals surface area contributed by atoms with Crippen LogP contribution in [-0.2, 0) is 9.53 Å². The molecule has 2 heteroatoms. The maximum absolute atomic E-state index is 11.0. The quantitative estimate of drug-likeness (QED) is 0.390. The minimum atomic E-state index is -0.138. The van der Waals surface area contributed by atoms with Gasteiger partial charge in [-0.15, -0.1) is 5.92 Å². The van der Waals surface area contributed by atoms with Gasteiger partial charge in [0.25, 0.3) is 0 Å². The van der Waals surface area contributed by atoms with Crippen LogP contribution in [0.3, 0.4) is 0 Å². The van der Waals surface area contributed by atoms with E-state index in [4.69, 9.17) is 4.74 Å². The number of esters is 1. The van der Waals surface area contributed by atoms with Gasteiger partial charge in [0.15, 0.2) is 0 Å². The maximum Gasteiger partial charge on any atom is 0.321 e. The predicted molar refractivity (Wildman–Crippen MR) is 55.6 cm³/mol. The zero-order valence-electron chi connectivity index (χ0n) is 8.84. The van der Waals surface area contributed by atoms with E-state index in [0.717, 1.165) is 19.3 Å². The summed E-state index contributed by atoms with van der Waals surface area (Å²) in [5.41, 5.74) is 0. The molecule has 1 fully saturated rings. The van der Waals surface area contributed by atoms with Crippen LogP contribution in [0, 0.1) is 17.8 Å². The van der Waals surface area contributed by atoms with Crippen LogP contribution in [-0.4, -0.2) is 12.6 Å². The Bertz CT molecular complexity index is 234. The van der Waals surface area contributed by atoms with Gasteiger partial charge in [-0.25, -0.2) is 0 Å². The fourth-order valence-electron chi connectivity index (χ4n) is 1.46. The Hall–Kier alpha value is -0.970. The number of hydrogen-bond acceptors (Lipinski definition) is 2. The van der Waals surface area contributed by atoms with Gasteiger partial charge in [-0.1, -0.05) is 32.1 Å². The van der Waals surface area contributed by atoms with Gasteiger partial charge < -0.3 is 4.74 Å². The van der Waals surface area contributed by atoms with Crippen LogP contribution in [0.1, 0.15) is 45.4 Å². The molecule has 0 saturated carbocycles. The van der Waals surface area contributed by atoms with Crippen molar-refractivity contribution in [3.05, 3.63) is 0 Å². The number of carbonyl (C=O) groups excluding carboxylic acids is 1. The fraction of sp³-hybridized carbons (Fsp3) is 0.750. The molecule has 1 aliphatic heterocycles. The first-order valence-electron chi connectivity index (χ1n) is 5.49. The minimum Gasteiger partial charge on any atom is -0.465 e. The van der Waals surface area contributed by atoms with Crippen LogP contribution in [0.15, 0.2) is 0 Å². The average molecular weight is 194 g/mol. The van der Waals surface area contributed by atoms with Gasteiger partial charge in [-0.3, -0.25) is 4.79 Å². The van der Waals surface area contributed by atoms with Gasteiger partial charge in [0, 0.05) is 12.8 Å². The Balaban J connectivity index is 2.10. The van der Waals surface area contributed by atoms with Gasteiger partial charge in [-0.2, -0.15) is 0 Å². The highest BCUT2D eigenvalue weighted by molar-refractivity contribution is 5.77. The van der Waals surface area contributed by atoms with Gasteiger partial charge in [-0.05, 0) is 6.42 Å². The summed E-state index contributed by atoms with van der Waals surface area (Å²) in [5, 5.41) is 0. The molecule has 78 valence electrons. The number of unbranched alkanes of at least 4 members (excludes halogenated alkanes) is 4. The average Bonchev–Trinajstić information content (AvgIpc) is 2.58. The van der Waals surface area contributed by atoms with Crippen molar-refractivity contribution < 1.29 is 9.53 Å². The van der Waals surface area contributed by atoms with E-state index in [1.165, 1.54) is 19.3 Å². The summed E-state index contributed by atoms with van der Waals surface area (Å²) in [7, 11) is 0. The molecule has 0 aromatic heterocycles. The lowest BCUT2D eigenvalue weighted by molar-refractivity contribution is -0.139. The van der Waals surface area contributed by atoms with Crippen LogP contribution < -0.4 is 0 Å². The first kappa shape index (κ1) is 11.1. The van der Waals surface area contributed by atoms with Gasteiger partial charge in [0.2, 0.25) is 0 Å². The zero-order chi connectivity index (χ0) is 10.2. The van der Waals surface area contributed by atoms with E-state index in [1.807, 2.05) is 0 Å². The molecule has 1 unspecified atom stereocenters. The van der Waals surface area contributed by atoms with Gasteiger partial charge in [0.05, 0.1) is 6.61 Å². The molecule has 1 saturated heterocycles. The molecule has 0 amide bonds. The summed E-state index contributed by atoms with van der Waals surface area (Å²) in [6, 6.07) is 0. The second-order valence-electron chi connectivity index (χ2n) is 3.64. The van der Waals surface area contributed by atoms with Crippen molar-refractivity contribution in [1.82, 2.24) is 0 Å². The van der Waals surface area contributed by atoms with E-state index < -0.39 is 0 Å². The molecule has 0 aromatic carbocycles. The van der Waals surface area contributed by atoms with E-state index >= 15 is 0 Å². The standard InChI is InChI=1S/C12H18O2/c1-2-3-4-5-6-7-8-11-9-10-14-12(11)13/h11H,2-6,9-10H2,1H3. The predicted octanol–water partition coefficient (Wildman–Crippen LogP) is 2.52. The summed E-state index contributed by atoms with van der Waals surface area (Å²) in [6.07, 6.45) is 6.64. The van der Waals surface area contributed by atoms with E-state index in [9.17, 15) is 4.79 Å². The van der Waals surface area contributed by atoms with E-state index in [1.54, 1.807) is 0 Å². The molecular formula is C12H18O2. The van der Waals surface area contributed by atoms with Crippen LogP contribution in [0.4, 0.5) is 0 Å². The molecule has 1 aliphatic rings. The van der Waals surface area contributed by atoms with Crippen LogP contribution in [0.2, 0.25) is 0 Å². The zero-order valence-corrected chi connectivity index (χ0v) is 8.84. The van der Waals surface area contributed by atoms with Gasteiger partial charge >= 0.3 is 5.97 Å². The third-order valence-electron chi connectivity index (χ3n) is 2.37. The molecule has 0 spiro atoms. The Morgan fingerprint density at radius 3 is 2.93 bits per heavy atom. The largest absolute Gasteiger partial charge is 0.465 e. The summed E-state index contributed by atoms with van der Waals surface area (Å²) in [5.74, 6) is 5.78. The smallest absolute Gasteiger partial charge is 0.321 e. The molecule has 1 rings (SSSR count). The third-order valence-corrected chi connectivity index (χ3v) is 2.37. The lowest BCUT2D eigenvalue weighted by Gasteiger charge is -1.93. The molecule has 14 heavy (non-hydrogen) atoms. The first-order valence-corrected chi connectivity index (χ1v) is 5.49. The second kappa shape index (κ2) is 6.48. The molecule has 0 bridgehead atoms. The first-order chi connectivity index (χ1) is 6.84. The summed E-state index contributed by atoms with van der Waals surface area (Å²) < 4.78 is 4.82. The number of ether oxygens (including phenoxy) is 1. The molecule has 2 nitrogen and oxygen atoms in total. The normalized spacial score (nSPS) is 20.1. The summed E-state index contributed by atoms with van der Waals surface area (Å²) >= 11 is 0. The summed E-state index contributed by atoms with van der Waals surface area (Å²) in [4.78, 5) is 11.0.